The Bertz CT molecular complexity index is 1060. The molecule has 2 N–H and O–H groups in total. The third kappa shape index (κ3) is 6.04. The van der Waals surface area contributed by atoms with Crippen molar-refractivity contribution in [1.29, 1.82) is 0 Å². The lowest BCUT2D eigenvalue weighted by atomic mass is 10.0. The number of nitrogens with one attached hydrogen (secondary N) is 2. The molecule has 2 aromatic rings. The molecule has 0 aliphatic carbocycles. The number of aromatic nitrogens is 1. The molecule has 5 rings (SSSR count). The number of benzene rings is 1. The molecule has 3 fully saturated rings. The van der Waals surface area contributed by atoms with Gasteiger partial charge in [0.25, 0.3) is 11.8 Å². The molecule has 3 aliphatic rings. The molecule has 10 nitrogen and oxygen atoms in total. The summed E-state index contributed by atoms with van der Waals surface area (Å²) in [5, 5.41) is 8.60. The molecule has 194 valence electrons. The second kappa shape index (κ2) is 11.7. The first kappa shape index (κ1) is 25.1. The lowest BCUT2D eigenvalue weighted by molar-refractivity contribution is 0.0341. The number of rotatable bonds is 8. The normalized spacial score (nSPS) is 19.6. The molecule has 1 aromatic heterocycles. The third-order valence-electron chi connectivity index (χ3n) is 6.82. The van der Waals surface area contributed by atoms with Crippen molar-refractivity contribution in [3.8, 4) is 0 Å². The van der Waals surface area contributed by atoms with Crippen LogP contribution in [0, 0.1) is 0 Å². The van der Waals surface area contributed by atoms with Crippen LogP contribution in [-0.2, 0) is 20.8 Å². The van der Waals surface area contributed by atoms with E-state index in [1.54, 1.807) is 12.5 Å². The largest absolute Gasteiger partial charge is 0.381 e. The molecule has 1 aromatic carbocycles. The van der Waals surface area contributed by atoms with Crippen molar-refractivity contribution in [1.82, 2.24) is 15.2 Å². The Hall–Kier alpha value is -2.57. The van der Waals surface area contributed by atoms with Gasteiger partial charge in [-0.2, -0.15) is 0 Å². The summed E-state index contributed by atoms with van der Waals surface area (Å²) in [4.78, 5) is 35.3. The van der Waals surface area contributed by atoms with Crippen molar-refractivity contribution in [3.63, 3.8) is 0 Å². The summed E-state index contributed by atoms with van der Waals surface area (Å²) in [6.07, 6.45) is 1.77. The lowest BCUT2D eigenvalue weighted by Crippen LogP contribution is -2.51. The standard InChI is InChI=1S/C25H33N5O5S/c1-33-19-14-30(15-19)25-28-22(16-36-25)24(32)27-21-3-2-17(13-29-6-10-35-11-7-29)12-20(21)23(31)26-18-4-8-34-9-5-18/h2-3,12,16,18-19H,4-11,13-15H2,1H3,(H,26,31)(H,27,32). The van der Waals surface area contributed by atoms with Crippen molar-refractivity contribution in [2.75, 3.05) is 69.9 Å². The third-order valence-corrected chi connectivity index (χ3v) is 7.72. The number of ether oxygens (including phenoxy) is 3. The fourth-order valence-corrected chi connectivity index (χ4v) is 5.38. The van der Waals surface area contributed by atoms with Crippen LogP contribution in [0.2, 0.25) is 0 Å². The number of amides is 2. The van der Waals surface area contributed by atoms with Crippen LogP contribution in [0.4, 0.5) is 10.8 Å². The van der Waals surface area contributed by atoms with Crippen molar-refractivity contribution in [2.24, 2.45) is 0 Å². The highest BCUT2D eigenvalue weighted by Crippen LogP contribution is 2.27. The van der Waals surface area contributed by atoms with Gasteiger partial charge < -0.3 is 29.7 Å². The number of nitrogens with zero attached hydrogens (tertiary/aromatic N) is 3. The van der Waals surface area contributed by atoms with Gasteiger partial charge in [-0.05, 0) is 30.5 Å². The molecule has 4 heterocycles. The molecule has 0 unspecified atom stereocenters. The van der Waals surface area contributed by atoms with Crippen LogP contribution in [0.25, 0.3) is 0 Å². The van der Waals surface area contributed by atoms with Gasteiger partial charge in [0.2, 0.25) is 0 Å². The SMILES string of the molecule is COC1CN(c2nc(C(=O)Nc3ccc(CN4CCOCC4)cc3C(=O)NC3CCOCC3)cs2)C1. The number of hydrogen-bond acceptors (Lipinski definition) is 9. The minimum absolute atomic E-state index is 0.0613. The van der Waals surface area contributed by atoms with Gasteiger partial charge in [-0.25, -0.2) is 4.98 Å². The van der Waals surface area contributed by atoms with E-state index in [4.69, 9.17) is 14.2 Å². The predicted octanol–water partition coefficient (Wildman–Crippen LogP) is 1.97. The van der Waals surface area contributed by atoms with E-state index in [-0.39, 0.29) is 24.0 Å². The predicted molar refractivity (Wildman–Crippen MR) is 137 cm³/mol. The lowest BCUT2D eigenvalue weighted by Gasteiger charge is -2.37. The van der Waals surface area contributed by atoms with Gasteiger partial charge in [0.05, 0.1) is 30.6 Å². The molecule has 0 atom stereocenters. The van der Waals surface area contributed by atoms with Crippen molar-refractivity contribution in [2.45, 2.75) is 31.5 Å². The van der Waals surface area contributed by atoms with Gasteiger partial charge in [-0.1, -0.05) is 6.07 Å². The van der Waals surface area contributed by atoms with Gasteiger partial charge in [0, 0.05) is 64.5 Å². The topological polar surface area (TPSA) is 105 Å². The number of anilines is 2. The van der Waals surface area contributed by atoms with E-state index in [2.05, 4.69) is 25.4 Å². The summed E-state index contributed by atoms with van der Waals surface area (Å²) < 4.78 is 16.2. The van der Waals surface area contributed by atoms with Crippen molar-refractivity contribution >= 4 is 34.0 Å². The van der Waals surface area contributed by atoms with Crippen LogP contribution < -0.4 is 15.5 Å². The molecular weight excluding hydrogens is 482 g/mol. The van der Waals surface area contributed by atoms with Crippen molar-refractivity contribution in [3.05, 3.63) is 40.4 Å². The fraction of sp³-hybridized carbons (Fsp3) is 0.560. The summed E-state index contributed by atoms with van der Waals surface area (Å²) in [6, 6.07) is 5.73. The molecule has 0 bridgehead atoms. The van der Waals surface area contributed by atoms with E-state index in [9.17, 15) is 9.59 Å². The summed E-state index contributed by atoms with van der Waals surface area (Å²) in [5.41, 5.74) is 2.30. The Labute approximate surface area is 214 Å². The quantitative estimate of drug-likeness (QED) is 0.550. The second-order valence-corrected chi connectivity index (χ2v) is 10.2. The van der Waals surface area contributed by atoms with Gasteiger partial charge in [-0.3, -0.25) is 14.5 Å². The van der Waals surface area contributed by atoms with Crippen LogP contribution >= 0.6 is 11.3 Å². The molecule has 0 radical (unpaired) electrons. The molecule has 36 heavy (non-hydrogen) atoms. The Morgan fingerprint density at radius 2 is 1.86 bits per heavy atom. The van der Waals surface area contributed by atoms with E-state index in [0.717, 1.165) is 56.3 Å². The average Bonchev–Trinajstić information content (AvgIpc) is 3.35. The first-order valence-corrected chi connectivity index (χ1v) is 13.3. The maximum atomic E-state index is 13.3. The highest BCUT2D eigenvalue weighted by Gasteiger charge is 2.29. The summed E-state index contributed by atoms with van der Waals surface area (Å²) in [6.45, 7) is 6.68. The second-order valence-electron chi connectivity index (χ2n) is 9.36. The van der Waals surface area contributed by atoms with Gasteiger partial charge in [0.15, 0.2) is 5.13 Å². The van der Waals surface area contributed by atoms with Crippen molar-refractivity contribution < 1.29 is 23.8 Å². The maximum absolute atomic E-state index is 13.3. The minimum Gasteiger partial charge on any atom is -0.381 e. The van der Waals surface area contributed by atoms with Crippen LogP contribution in [0.5, 0.6) is 0 Å². The van der Waals surface area contributed by atoms with E-state index in [1.807, 2.05) is 18.2 Å². The Kier molecular flexibility index (Phi) is 8.12. The monoisotopic (exact) mass is 515 g/mol. The summed E-state index contributed by atoms with van der Waals surface area (Å²) in [7, 11) is 1.70. The zero-order valence-corrected chi connectivity index (χ0v) is 21.3. The first-order chi connectivity index (χ1) is 17.6. The number of carbonyl (C=O) groups excluding carboxylic acids is 2. The highest BCUT2D eigenvalue weighted by molar-refractivity contribution is 7.14. The summed E-state index contributed by atoms with van der Waals surface area (Å²) in [5.74, 6) is -0.520. The van der Waals surface area contributed by atoms with E-state index >= 15 is 0 Å². The van der Waals surface area contributed by atoms with Crippen LogP contribution in [0.15, 0.2) is 23.6 Å². The van der Waals surface area contributed by atoms with Gasteiger partial charge in [0.1, 0.15) is 5.69 Å². The Morgan fingerprint density at radius 1 is 1.11 bits per heavy atom. The Balaban J connectivity index is 1.31. The number of thiazole rings is 1. The molecule has 2 amide bonds. The van der Waals surface area contributed by atoms with Crippen LogP contribution in [0.3, 0.4) is 0 Å². The average molecular weight is 516 g/mol. The number of carbonyl (C=O) groups is 2. The number of methoxy groups -OCH3 is 1. The maximum Gasteiger partial charge on any atom is 0.275 e. The Morgan fingerprint density at radius 3 is 2.61 bits per heavy atom. The molecule has 11 heteroatoms. The minimum atomic E-state index is -0.331. The number of morpholine rings is 1. The van der Waals surface area contributed by atoms with E-state index in [1.165, 1.54) is 11.3 Å². The molecule has 3 aliphatic heterocycles. The molecule has 0 spiro atoms. The molecular formula is C25H33N5O5S. The zero-order chi connectivity index (χ0) is 24.9. The van der Waals surface area contributed by atoms with Gasteiger partial charge in [-0.15, -0.1) is 11.3 Å². The van der Waals surface area contributed by atoms with E-state index in [0.29, 0.717) is 43.4 Å². The number of hydrogen-bond donors (Lipinski definition) is 2. The van der Waals surface area contributed by atoms with Crippen LogP contribution in [-0.4, -0.2) is 93.6 Å². The van der Waals surface area contributed by atoms with Crippen LogP contribution in [0.1, 0.15) is 39.3 Å². The van der Waals surface area contributed by atoms with Gasteiger partial charge >= 0.3 is 0 Å². The first-order valence-electron chi connectivity index (χ1n) is 12.5. The smallest absolute Gasteiger partial charge is 0.275 e. The summed E-state index contributed by atoms with van der Waals surface area (Å²) >= 11 is 1.43. The fourth-order valence-electron chi connectivity index (χ4n) is 4.55. The molecule has 3 saturated heterocycles. The highest BCUT2D eigenvalue weighted by atomic mass is 32.1. The van der Waals surface area contributed by atoms with E-state index < -0.39 is 0 Å². The molecule has 0 saturated carbocycles. The zero-order valence-electron chi connectivity index (χ0n) is 20.5.